The Morgan fingerprint density at radius 3 is 1.21 bits per heavy atom. The van der Waals surface area contributed by atoms with E-state index in [-0.39, 0.29) is 22.7 Å². The first-order valence-corrected chi connectivity index (χ1v) is 18.0. The molecule has 0 unspecified atom stereocenters. The number of rotatable bonds is 10. The Bertz CT molecular complexity index is 1380. The topological polar surface area (TPSA) is 9.23 Å². The van der Waals surface area contributed by atoms with Crippen molar-refractivity contribution in [1.82, 2.24) is 0 Å². The molecule has 0 aliphatic heterocycles. The molecule has 0 atom stereocenters. The third kappa shape index (κ3) is 6.11. The van der Waals surface area contributed by atoms with Gasteiger partial charge in [0.05, 0.1) is 13.2 Å². The number of hydrogen-bond donors (Lipinski definition) is 0. The van der Waals surface area contributed by atoms with Gasteiger partial charge >= 0.3 is 0 Å². The number of benzene rings is 2. The maximum atomic E-state index is 14.6. The highest BCUT2D eigenvalue weighted by molar-refractivity contribution is 5.45. The zero-order valence-corrected chi connectivity index (χ0v) is 28.1. The van der Waals surface area contributed by atoms with E-state index in [1.807, 2.05) is 0 Å². The van der Waals surface area contributed by atoms with Gasteiger partial charge in [-0.3, -0.25) is 0 Å². The fourth-order valence-electron chi connectivity index (χ4n) is 9.69. The molecule has 0 spiro atoms. The molecule has 5 heteroatoms. The molecule has 0 saturated heterocycles. The first-order valence-electron chi connectivity index (χ1n) is 18.0. The second-order valence-corrected chi connectivity index (χ2v) is 14.7. The lowest BCUT2D eigenvalue weighted by Crippen LogP contribution is -2.45. The summed E-state index contributed by atoms with van der Waals surface area (Å²) in [5, 5.41) is 0. The monoisotopic (exact) mass is 646 g/mol. The number of halogens is 4. The first-order chi connectivity index (χ1) is 22.7. The Hall–Kier alpha value is -2.92. The molecule has 0 bridgehead atoms. The van der Waals surface area contributed by atoms with Gasteiger partial charge in [0.1, 0.15) is 0 Å². The van der Waals surface area contributed by atoms with Crippen LogP contribution in [0.3, 0.4) is 0 Å². The van der Waals surface area contributed by atoms with Crippen LogP contribution < -0.4 is 0 Å². The van der Waals surface area contributed by atoms with Crippen LogP contribution >= 0.6 is 0 Å². The minimum Gasteiger partial charge on any atom is -0.380 e. The van der Waals surface area contributed by atoms with Crippen LogP contribution in [0.25, 0.3) is 0 Å². The fourth-order valence-corrected chi connectivity index (χ4v) is 9.69. The normalized spacial score (nSPS) is 29.7. The number of hydrogen-bond acceptors (Lipinski definition) is 1. The van der Waals surface area contributed by atoms with Crippen LogP contribution in [-0.4, -0.2) is 13.2 Å². The summed E-state index contributed by atoms with van der Waals surface area (Å²) in [6.45, 7) is 5.50. The summed E-state index contributed by atoms with van der Waals surface area (Å²) >= 11 is 0. The van der Waals surface area contributed by atoms with Gasteiger partial charge < -0.3 is 4.74 Å². The minimum atomic E-state index is -0.815. The molecule has 2 aromatic rings. The molecule has 4 aliphatic rings. The minimum absolute atomic E-state index is 0.0415. The van der Waals surface area contributed by atoms with Gasteiger partial charge in [-0.1, -0.05) is 113 Å². The molecule has 0 aromatic heterocycles. The molecular weight excluding hydrogens is 596 g/mol. The quantitative estimate of drug-likeness (QED) is 0.184. The van der Waals surface area contributed by atoms with Gasteiger partial charge in [0, 0.05) is 22.7 Å². The third-order valence-corrected chi connectivity index (χ3v) is 12.6. The van der Waals surface area contributed by atoms with Gasteiger partial charge in [-0.2, -0.15) is 0 Å². The van der Waals surface area contributed by atoms with Crippen LogP contribution in [0, 0.1) is 45.9 Å². The molecule has 6 rings (SSSR count). The zero-order chi connectivity index (χ0) is 33.1. The molecule has 0 radical (unpaired) electrons. The Labute approximate surface area is 278 Å². The van der Waals surface area contributed by atoms with Crippen molar-refractivity contribution in [2.45, 2.75) is 102 Å². The largest absolute Gasteiger partial charge is 0.380 e. The van der Waals surface area contributed by atoms with Crippen molar-refractivity contribution in [2.75, 3.05) is 13.2 Å². The summed E-state index contributed by atoms with van der Waals surface area (Å²) in [6.07, 6.45) is 30.9. The predicted octanol–water partition coefficient (Wildman–Crippen LogP) is 11.6. The molecule has 0 heterocycles. The van der Waals surface area contributed by atoms with E-state index in [1.165, 1.54) is 37.1 Å². The summed E-state index contributed by atoms with van der Waals surface area (Å²) in [7, 11) is 0. The second-order valence-electron chi connectivity index (χ2n) is 14.7. The van der Waals surface area contributed by atoms with Gasteiger partial charge in [-0.05, 0) is 84.7 Å². The van der Waals surface area contributed by atoms with Crippen LogP contribution in [0.2, 0.25) is 0 Å². The Morgan fingerprint density at radius 2 is 0.894 bits per heavy atom. The maximum absolute atomic E-state index is 14.6. The lowest BCUT2D eigenvalue weighted by Gasteiger charge is -2.52. The predicted molar refractivity (Wildman–Crippen MR) is 182 cm³/mol. The van der Waals surface area contributed by atoms with Crippen LogP contribution in [0.15, 0.2) is 85.0 Å². The Morgan fingerprint density at radius 1 is 0.532 bits per heavy atom. The molecule has 252 valence electrons. The lowest BCUT2D eigenvalue weighted by atomic mass is 9.52. The summed E-state index contributed by atoms with van der Waals surface area (Å²) in [6, 6.07) is 8.83. The van der Waals surface area contributed by atoms with Gasteiger partial charge in [-0.15, -0.1) is 0 Å². The van der Waals surface area contributed by atoms with Crippen LogP contribution in [0.5, 0.6) is 0 Å². The molecule has 47 heavy (non-hydrogen) atoms. The van der Waals surface area contributed by atoms with Crippen molar-refractivity contribution in [3.63, 3.8) is 0 Å². The highest BCUT2D eigenvalue weighted by Crippen LogP contribution is 2.58. The van der Waals surface area contributed by atoms with Gasteiger partial charge in [0.15, 0.2) is 23.3 Å². The number of ether oxygens (including phenoxy) is 1. The summed E-state index contributed by atoms with van der Waals surface area (Å²) in [4.78, 5) is 0. The Kier molecular flexibility index (Phi) is 10.0. The standard InChI is InChI=1S/C42H50F4O/c1-3-39(19-7-5-8-20-39)41(33-11-13-35(43)37(45)27-33)23-15-31(16-24-41)29-47-30-32-17-25-42(26-18-32,34-12-14-36(44)38(46)28-34)40(4-2)21-9-6-10-22-40/h11-18,23-28,31-32H,3-10,19-22,29-30H2,1-2H3/t31-,32-,41+,42+. The molecule has 0 amide bonds. The van der Waals surface area contributed by atoms with Gasteiger partial charge in [0.25, 0.3) is 0 Å². The van der Waals surface area contributed by atoms with Crippen LogP contribution in [-0.2, 0) is 15.6 Å². The van der Waals surface area contributed by atoms with E-state index < -0.39 is 34.1 Å². The van der Waals surface area contributed by atoms with Crippen molar-refractivity contribution < 1.29 is 22.3 Å². The van der Waals surface area contributed by atoms with Crippen molar-refractivity contribution in [1.29, 1.82) is 0 Å². The zero-order valence-electron chi connectivity index (χ0n) is 28.1. The van der Waals surface area contributed by atoms with E-state index in [9.17, 15) is 17.6 Å². The fraction of sp³-hybridized carbons (Fsp3) is 0.524. The van der Waals surface area contributed by atoms with Crippen molar-refractivity contribution in [3.8, 4) is 0 Å². The van der Waals surface area contributed by atoms with Gasteiger partial charge in [-0.25, -0.2) is 17.6 Å². The van der Waals surface area contributed by atoms with E-state index in [2.05, 4.69) is 62.5 Å². The van der Waals surface area contributed by atoms with Crippen LogP contribution in [0.4, 0.5) is 17.6 Å². The van der Waals surface area contributed by atoms with E-state index in [0.717, 1.165) is 75.3 Å². The van der Waals surface area contributed by atoms with Crippen LogP contribution in [0.1, 0.15) is 102 Å². The molecule has 1 nitrogen and oxygen atoms in total. The van der Waals surface area contributed by atoms with Crippen molar-refractivity contribution >= 4 is 0 Å². The SMILES string of the molecule is CCC1([C@]2(c3ccc(F)c(F)c3)C=C[C@H](COC[C@H]3C=C[C@@](c4ccc(F)c(F)c4)(C4(CC)CCCCC4)C=C3)C=C2)CCCCC1. The molecule has 2 saturated carbocycles. The molecule has 2 aromatic carbocycles. The molecule has 0 N–H and O–H groups in total. The molecule has 2 fully saturated rings. The van der Waals surface area contributed by atoms with Gasteiger partial charge in [0.2, 0.25) is 0 Å². The van der Waals surface area contributed by atoms with E-state index in [1.54, 1.807) is 12.1 Å². The summed E-state index contributed by atoms with van der Waals surface area (Å²) in [5.41, 5.74) is 0.577. The smallest absolute Gasteiger partial charge is 0.159 e. The maximum Gasteiger partial charge on any atom is 0.159 e. The average molecular weight is 647 g/mol. The second kappa shape index (κ2) is 13.9. The van der Waals surface area contributed by atoms with E-state index >= 15 is 0 Å². The van der Waals surface area contributed by atoms with E-state index in [0.29, 0.717) is 13.2 Å². The third-order valence-electron chi connectivity index (χ3n) is 12.6. The summed E-state index contributed by atoms with van der Waals surface area (Å²) < 4.78 is 63.4. The summed E-state index contributed by atoms with van der Waals surface area (Å²) in [5.74, 6) is -3.07. The molecular formula is C42H50F4O. The first kappa shape index (κ1) is 34.0. The highest BCUT2D eigenvalue weighted by Gasteiger charge is 2.50. The molecule has 4 aliphatic carbocycles. The lowest BCUT2D eigenvalue weighted by molar-refractivity contribution is 0.0977. The van der Waals surface area contributed by atoms with E-state index in [4.69, 9.17) is 4.74 Å². The number of allylic oxidation sites excluding steroid dienone is 4. The van der Waals surface area contributed by atoms with Crippen molar-refractivity contribution in [2.24, 2.45) is 22.7 Å². The Balaban J connectivity index is 1.17. The van der Waals surface area contributed by atoms with Crippen molar-refractivity contribution in [3.05, 3.63) is 119 Å². The average Bonchev–Trinajstić information content (AvgIpc) is 3.12. The highest BCUT2D eigenvalue weighted by atomic mass is 19.2.